The molecule has 6 nitrogen and oxygen atoms in total. The quantitative estimate of drug-likeness (QED) is 0.719. The zero-order valence-corrected chi connectivity index (χ0v) is 17.9. The zero-order valence-electron chi connectivity index (χ0n) is 16.2. The summed E-state index contributed by atoms with van der Waals surface area (Å²) in [6, 6.07) is 10.9. The van der Waals surface area contributed by atoms with Gasteiger partial charge in [-0.15, -0.1) is 11.3 Å². The third-order valence-corrected chi connectivity index (χ3v) is 6.59. The van der Waals surface area contributed by atoms with Gasteiger partial charge in [0.25, 0.3) is 5.91 Å². The second kappa shape index (κ2) is 9.07. The number of nitrogens with zero attached hydrogens (tertiary/aromatic N) is 1. The molecule has 3 rings (SSSR count). The Balaban J connectivity index is 1.68. The number of likely N-dealkylation sites (tertiary alicyclic amines) is 1. The number of amides is 1. The molecular weight excluding hydrogens is 394 g/mol. The molecule has 1 saturated heterocycles. The number of sulfonamides is 1. The first kappa shape index (κ1) is 20.8. The topological polar surface area (TPSA) is 78.5 Å². The highest BCUT2D eigenvalue weighted by molar-refractivity contribution is 7.92. The summed E-state index contributed by atoms with van der Waals surface area (Å²) >= 11 is 1.71. The monoisotopic (exact) mass is 421 g/mol. The van der Waals surface area contributed by atoms with Gasteiger partial charge in [-0.1, -0.05) is 19.1 Å². The van der Waals surface area contributed by atoms with E-state index in [-0.39, 0.29) is 11.9 Å². The Kier molecular flexibility index (Phi) is 6.74. The van der Waals surface area contributed by atoms with Crippen molar-refractivity contribution < 1.29 is 13.2 Å². The molecule has 1 aromatic heterocycles. The first-order chi connectivity index (χ1) is 13.3. The number of benzene rings is 1. The molecule has 28 heavy (non-hydrogen) atoms. The minimum Gasteiger partial charge on any atom is -0.350 e. The van der Waals surface area contributed by atoms with Crippen molar-refractivity contribution in [1.82, 2.24) is 10.2 Å². The molecule has 1 amide bonds. The lowest BCUT2D eigenvalue weighted by Crippen LogP contribution is -2.41. The van der Waals surface area contributed by atoms with Crippen molar-refractivity contribution in [2.75, 3.05) is 30.6 Å². The maximum atomic E-state index is 12.7. The molecule has 0 saturated carbocycles. The highest BCUT2D eigenvalue weighted by Gasteiger charge is 2.25. The first-order valence-electron chi connectivity index (χ1n) is 9.45. The van der Waals surface area contributed by atoms with Crippen LogP contribution in [0.25, 0.3) is 0 Å². The molecule has 1 aliphatic heterocycles. The summed E-state index contributed by atoms with van der Waals surface area (Å²) < 4.78 is 25.2. The molecule has 1 fully saturated rings. The SMILES string of the molecule is CC1CCN(C(CNC(=O)c2cccc(NS(C)(=O)=O)c2)c2cccs2)CC1. The number of thiophene rings is 1. The Morgan fingerprint density at radius 1 is 1.25 bits per heavy atom. The normalized spacial score (nSPS) is 17.2. The molecule has 1 unspecified atom stereocenters. The van der Waals surface area contributed by atoms with Gasteiger partial charge in [0.15, 0.2) is 0 Å². The Morgan fingerprint density at radius 2 is 2.00 bits per heavy atom. The lowest BCUT2D eigenvalue weighted by Gasteiger charge is -2.36. The van der Waals surface area contributed by atoms with Gasteiger partial charge >= 0.3 is 0 Å². The van der Waals surface area contributed by atoms with Crippen LogP contribution in [-0.4, -0.2) is 45.1 Å². The van der Waals surface area contributed by atoms with Gasteiger partial charge in [0.2, 0.25) is 10.0 Å². The lowest BCUT2D eigenvalue weighted by atomic mass is 9.97. The van der Waals surface area contributed by atoms with E-state index in [1.807, 2.05) is 6.07 Å². The maximum absolute atomic E-state index is 12.7. The molecule has 0 aliphatic carbocycles. The number of carbonyl (C=O) groups excluding carboxylic acids is 1. The Morgan fingerprint density at radius 3 is 2.64 bits per heavy atom. The maximum Gasteiger partial charge on any atom is 0.251 e. The van der Waals surface area contributed by atoms with Gasteiger partial charge in [-0.2, -0.15) is 0 Å². The Hall–Kier alpha value is -1.90. The third-order valence-electron chi connectivity index (χ3n) is 5.01. The van der Waals surface area contributed by atoms with E-state index in [0.29, 0.717) is 17.8 Å². The number of carbonyl (C=O) groups is 1. The fraction of sp³-hybridized carbons (Fsp3) is 0.450. The molecule has 0 radical (unpaired) electrons. The Bertz CT molecular complexity index is 889. The van der Waals surface area contributed by atoms with Crippen LogP contribution >= 0.6 is 11.3 Å². The second-order valence-electron chi connectivity index (χ2n) is 7.41. The zero-order chi connectivity index (χ0) is 20.1. The molecular formula is C20H27N3O3S2. The van der Waals surface area contributed by atoms with E-state index in [0.717, 1.165) is 25.3 Å². The lowest BCUT2D eigenvalue weighted by molar-refractivity contribution is 0.0915. The van der Waals surface area contributed by atoms with Gasteiger partial charge in [0.1, 0.15) is 0 Å². The van der Waals surface area contributed by atoms with Gasteiger partial charge in [0.05, 0.1) is 12.3 Å². The predicted octanol–water partition coefficient (Wildman–Crippen LogP) is 3.32. The van der Waals surface area contributed by atoms with Crippen LogP contribution in [0.1, 0.15) is 41.0 Å². The van der Waals surface area contributed by atoms with Crippen LogP contribution in [0.5, 0.6) is 0 Å². The fourth-order valence-electron chi connectivity index (χ4n) is 3.46. The molecule has 0 spiro atoms. The smallest absolute Gasteiger partial charge is 0.251 e. The van der Waals surface area contributed by atoms with E-state index >= 15 is 0 Å². The van der Waals surface area contributed by atoms with Crippen LogP contribution in [0, 0.1) is 5.92 Å². The third kappa shape index (κ3) is 5.80. The molecule has 152 valence electrons. The van der Waals surface area contributed by atoms with Gasteiger partial charge in [-0.25, -0.2) is 8.42 Å². The molecule has 1 aliphatic rings. The van der Waals surface area contributed by atoms with Crippen molar-refractivity contribution in [3.8, 4) is 0 Å². The number of nitrogens with one attached hydrogen (secondary N) is 2. The number of hydrogen-bond donors (Lipinski definition) is 2. The van der Waals surface area contributed by atoms with Crippen molar-refractivity contribution in [2.45, 2.75) is 25.8 Å². The number of piperidine rings is 1. The van der Waals surface area contributed by atoms with E-state index in [9.17, 15) is 13.2 Å². The molecule has 1 aromatic carbocycles. The van der Waals surface area contributed by atoms with Crippen molar-refractivity contribution in [3.63, 3.8) is 0 Å². The number of hydrogen-bond acceptors (Lipinski definition) is 5. The molecule has 1 atom stereocenters. The van der Waals surface area contributed by atoms with Crippen molar-refractivity contribution >= 4 is 33.0 Å². The first-order valence-corrected chi connectivity index (χ1v) is 12.2. The predicted molar refractivity (Wildman–Crippen MR) is 114 cm³/mol. The fourth-order valence-corrected chi connectivity index (χ4v) is 4.88. The second-order valence-corrected chi connectivity index (χ2v) is 10.1. The van der Waals surface area contributed by atoms with Crippen molar-refractivity contribution in [3.05, 3.63) is 52.2 Å². The molecule has 2 N–H and O–H groups in total. The van der Waals surface area contributed by atoms with E-state index in [4.69, 9.17) is 0 Å². The van der Waals surface area contributed by atoms with E-state index in [2.05, 4.69) is 33.3 Å². The molecule has 0 bridgehead atoms. The van der Waals surface area contributed by atoms with Gasteiger partial charge in [-0.05, 0) is 61.5 Å². The summed E-state index contributed by atoms with van der Waals surface area (Å²) in [7, 11) is -3.38. The van der Waals surface area contributed by atoms with Crippen molar-refractivity contribution in [1.29, 1.82) is 0 Å². The number of rotatable bonds is 7. The summed E-state index contributed by atoms with van der Waals surface area (Å²) in [6.07, 6.45) is 3.44. The van der Waals surface area contributed by atoms with E-state index in [1.54, 1.807) is 35.6 Å². The summed E-state index contributed by atoms with van der Waals surface area (Å²) in [4.78, 5) is 16.4. The van der Waals surface area contributed by atoms with E-state index in [1.165, 1.54) is 17.7 Å². The van der Waals surface area contributed by atoms with Crippen LogP contribution in [0.3, 0.4) is 0 Å². The van der Waals surface area contributed by atoms with E-state index < -0.39 is 10.0 Å². The van der Waals surface area contributed by atoms with Gasteiger partial charge in [0, 0.05) is 22.7 Å². The highest BCUT2D eigenvalue weighted by Crippen LogP contribution is 2.29. The molecule has 2 heterocycles. The van der Waals surface area contributed by atoms with Crippen LogP contribution in [0.4, 0.5) is 5.69 Å². The van der Waals surface area contributed by atoms with Crippen molar-refractivity contribution in [2.24, 2.45) is 5.92 Å². The largest absolute Gasteiger partial charge is 0.350 e. The molecule has 8 heteroatoms. The summed E-state index contributed by atoms with van der Waals surface area (Å²) in [5, 5.41) is 5.10. The van der Waals surface area contributed by atoms with Gasteiger partial charge in [-0.3, -0.25) is 14.4 Å². The van der Waals surface area contributed by atoms with Crippen LogP contribution in [0.2, 0.25) is 0 Å². The van der Waals surface area contributed by atoms with Gasteiger partial charge < -0.3 is 5.32 Å². The highest BCUT2D eigenvalue weighted by atomic mass is 32.2. The number of anilines is 1. The molecule has 2 aromatic rings. The van der Waals surface area contributed by atoms with Crippen LogP contribution < -0.4 is 10.0 Å². The minimum absolute atomic E-state index is 0.161. The standard InChI is InChI=1S/C20H27N3O3S2/c1-15-8-10-23(11-9-15)18(19-7-4-12-27-19)14-21-20(24)16-5-3-6-17(13-16)22-28(2,25)26/h3-7,12-13,15,18,22H,8-11,14H2,1-2H3,(H,21,24). The van der Waals surface area contributed by atoms with Crippen LogP contribution in [-0.2, 0) is 10.0 Å². The minimum atomic E-state index is -3.38. The summed E-state index contributed by atoms with van der Waals surface area (Å²) in [5.74, 6) is 0.545. The Labute approximate surface area is 171 Å². The summed E-state index contributed by atoms with van der Waals surface area (Å²) in [5.41, 5.74) is 0.820. The van der Waals surface area contributed by atoms with Crippen LogP contribution in [0.15, 0.2) is 41.8 Å². The summed E-state index contributed by atoms with van der Waals surface area (Å²) in [6.45, 7) is 4.88. The average Bonchev–Trinajstić information content (AvgIpc) is 3.16. The average molecular weight is 422 g/mol.